The van der Waals surface area contributed by atoms with E-state index in [-0.39, 0.29) is 0 Å². The van der Waals surface area contributed by atoms with E-state index in [1.54, 1.807) is 6.07 Å². The van der Waals surface area contributed by atoms with Crippen LogP contribution >= 0.6 is 0 Å². The van der Waals surface area contributed by atoms with Gasteiger partial charge in [-0.15, -0.1) is 0 Å². The van der Waals surface area contributed by atoms with Crippen molar-refractivity contribution in [3.05, 3.63) is 290 Å². The lowest BCUT2D eigenvalue weighted by Gasteiger charge is -2.22. The van der Waals surface area contributed by atoms with E-state index in [1.807, 2.05) is 72.8 Å². The number of fused-ring (bicyclic) bond motifs is 9. The Morgan fingerprint density at radius 2 is 0.612 bits per heavy atom. The molecule has 85 heavy (non-hydrogen) atoms. The Morgan fingerprint density at radius 3 is 1.05 bits per heavy atom. The Balaban J connectivity index is 1.04. The minimum Gasteiger partial charge on any atom is -0.309 e. The number of nitriles is 2. The summed E-state index contributed by atoms with van der Waals surface area (Å²) in [6.07, 6.45) is 0. The van der Waals surface area contributed by atoms with E-state index in [4.69, 9.17) is 15.0 Å². The molecule has 0 aliphatic heterocycles. The Labute approximate surface area is 488 Å². The Bertz CT molecular complexity index is 5090. The van der Waals surface area contributed by atoms with Gasteiger partial charge in [0.1, 0.15) is 0 Å². The second-order valence-electron chi connectivity index (χ2n) is 21.4. The number of rotatable bonds is 9. The van der Waals surface area contributed by atoms with Crippen molar-refractivity contribution in [3.63, 3.8) is 0 Å². The van der Waals surface area contributed by atoms with Gasteiger partial charge >= 0.3 is 0 Å². The molecule has 0 fully saturated rings. The molecule has 0 aliphatic carbocycles. The highest BCUT2D eigenvalue weighted by Gasteiger charge is 2.25. The van der Waals surface area contributed by atoms with Crippen molar-refractivity contribution < 1.29 is 0 Å². The molecule has 0 radical (unpaired) electrons. The van der Waals surface area contributed by atoms with Gasteiger partial charge in [-0.1, -0.05) is 182 Å². The molecule has 0 aliphatic rings. The highest BCUT2D eigenvalue weighted by atomic mass is 15.0. The van der Waals surface area contributed by atoms with Gasteiger partial charge in [-0.05, 0) is 119 Å². The minimum absolute atomic E-state index is 0.433. The first-order chi connectivity index (χ1) is 42.0. The lowest BCUT2D eigenvalue weighted by atomic mass is 9.92. The Kier molecular flexibility index (Phi) is 11.5. The first-order valence-electron chi connectivity index (χ1n) is 28.3. The number of benzene rings is 12. The number of aromatic nitrogens is 6. The van der Waals surface area contributed by atoms with Crippen molar-refractivity contribution in [2.45, 2.75) is 0 Å². The third-order valence-electron chi connectivity index (χ3n) is 16.5. The summed E-state index contributed by atoms with van der Waals surface area (Å²) in [5.74, 6) is 1.67. The zero-order valence-electron chi connectivity index (χ0n) is 45.6. The Hall–Kier alpha value is -12.0. The molecule has 8 heteroatoms. The quantitative estimate of drug-likeness (QED) is 0.143. The summed E-state index contributed by atoms with van der Waals surface area (Å²) in [6, 6.07) is 102. The van der Waals surface area contributed by atoms with Crippen LogP contribution in [0.3, 0.4) is 0 Å². The average Bonchev–Trinajstić information content (AvgIpc) is 2.18. The number of hydrogen-bond acceptors (Lipinski definition) is 5. The van der Waals surface area contributed by atoms with Gasteiger partial charge in [-0.3, -0.25) is 0 Å². The smallest absolute Gasteiger partial charge is 0.164 e. The lowest BCUT2D eigenvalue weighted by molar-refractivity contribution is 1.07. The van der Waals surface area contributed by atoms with Crippen molar-refractivity contribution >= 4 is 65.4 Å². The molecule has 0 spiro atoms. The van der Waals surface area contributed by atoms with E-state index < -0.39 is 0 Å². The molecule has 16 aromatic rings. The van der Waals surface area contributed by atoms with E-state index in [0.29, 0.717) is 28.6 Å². The van der Waals surface area contributed by atoms with Crippen molar-refractivity contribution in [3.8, 4) is 96.7 Å². The van der Waals surface area contributed by atoms with Crippen LogP contribution in [-0.4, -0.2) is 28.7 Å². The van der Waals surface area contributed by atoms with Gasteiger partial charge in [0, 0.05) is 71.5 Å². The summed E-state index contributed by atoms with van der Waals surface area (Å²) in [5.41, 5.74) is 18.4. The molecular formula is C77H46N8. The van der Waals surface area contributed by atoms with Gasteiger partial charge in [0.2, 0.25) is 0 Å². The molecule has 4 heterocycles. The van der Waals surface area contributed by atoms with Gasteiger partial charge in [-0.2, -0.15) is 10.5 Å². The molecule has 16 rings (SSSR count). The standard InChI is InChI=1S/C77H46N8/c78-47-49-39-50(48-79)41-56(40-49)53-37-38-73-67(44-53)64-31-11-16-36-72(64)85(73)74-65(54-23-17-25-58(42-54)83-68-32-12-7-27-60(68)61-28-8-13-33-69(61)83)45-57(77-81-75(51-19-3-1-4-20-51)80-76(82-77)52-21-5-2-6-22-52)46-66(74)55-24-18-26-59(43-55)84-70-34-14-9-29-62(70)63-30-10-15-35-71(63)84/h1-46H. The van der Waals surface area contributed by atoms with Crippen molar-refractivity contribution in [1.29, 1.82) is 10.5 Å². The van der Waals surface area contributed by atoms with Crippen molar-refractivity contribution in [2.24, 2.45) is 0 Å². The van der Waals surface area contributed by atoms with Crippen molar-refractivity contribution in [1.82, 2.24) is 28.7 Å². The first-order valence-corrected chi connectivity index (χ1v) is 28.3. The number of hydrogen-bond donors (Lipinski definition) is 0. The summed E-state index contributed by atoms with van der Waals surface area (Å²) in [4.78, 5) is 16.0. The monoisotopic (exact) mass is 1080 g/mol. The van der Waals surface area contributed by atoms with Crippen LogP contribution in [0.4, 0.5) is 0 Å². The number of nitrogens with zero attached hydrogens (tertiary/aromatic N) is 8. The second kappa shape index (κ2) is 19.9. The molecule has 4 aromatic heterocycles. The molecule has 8 nitrogen and oxygen atoms in total. The fourth-order valence-corrected chi connectivity index (χ4v) is 12.7. The number of para-hydroxylation sites is 5. The molecule has 0 bridgehead atoms. The fraction of sp³-hybridized carbons (Fsp3) is 0. The minimum atomic E-state index is 0.433. The van der Waals surface area contributed by atoms with Crippen LogP contribution in [0.15, 0.2) is 279 Å². The average molecular weight is 1080 g/mol. The molecule has 394 valence electrons. The topological polar surface area (TPSA) is 101 Å². The maximum absolute atomic E-state index is 10.1. The molecule has 0 saturated heterocycles. The van der Waals surface area contributed by atoms with E-state index in [9.17, 15) is 10.5 Å². The van der Waals surface area contributed by atoms with Crippen molar-refractivity contribution in [2.75, 3.05) is 0 Å². The molecule has 0 unspecified atom stereocenters. The van der Waals surface area contributed by atoms with Crippen LogP contribution in [-0.2, 0) is 0 Å². The van der Waals surface area contributed by atoms with Crippen LogP contribution in [0, 0.1) is 22.7 Å². The lowest BCUT2D eigenvalue weighted by Crippen LogP contribution is -2.05. The largest absolute Gasteiger partial charge is 0.309 e. The van der Waals surface area contributed by atoms with Gasteiger partial charge in [0.05, 0.1) is 62.1 Å². The molecule has 0 amide bonds. The predicted molar refractivity (Wildman–Crippen MR) is 345 cm³/mol. The van der Waals surface area contributed by atoms with E-state index in [0.717, 1.165) is 111 Å². The Morgan fingerprint density at radius 1 is 0.247 bits per heavy atom. The molecule has 12 aromatic carbocycles. The first kappa shape index (κ1) is 48.9. The maximum Gasteiger partial charge on any atom is 0.164 e. The third kappa shape index (κ3) is 8.16. The maximum atomic E-state index is 10.1. The zero-order chi connectivity index (χ0) is 56.5. The molecule has 0 atom stereocenters. The molecule has 0 N–H and O–H groups in total. The molecular weight excluding hydrogens is 1040 g/mol. The normalized spacial score (nSPS) is 11.5. The van der Waals surface area contributed by atoms with Gasteiger partial charge in [0.25, 0.3) is 0 Å². The van der Waals surface area contributed by atoms with Gasteiger partial charge < -0.3 is 13.7 Å². The predicted octanol–water partition coefficient (Wildman–Crippen LogP) is 18.9. The highest BCUT2D eigenvalue weighted by Crippen LogP contribution is 2.46. The van der Waals surface area contributed by atoms with E-state index >= 15 is 0 Å². The molecule has 0 saturated carbocycles. The third-order valence-corrected chi connectivity index (χ3v) is 16.5. The van der Waals surface area contributed by atoms with Crippen LogP contribution < -0.4 is 0 Å². The van der Waals surface area contributed by atoms with Crippen LogP contribution in [0.5, 0.6) is 0 Å². The highest BCUT2D eigenvalue weighted by molar-refractivity contribution is 6.13. The van der Waals surface area contributed by atoms with Crippen LogP contribution in [0.25, 0.3) is 150 Å². The van der Waals surface area contributed by atoms with Gasteiger partial charge in [-0.25, -0.2) is 15.0 Å². The van der Waals surface area contributed by atoms with Crippen LogP contribution in [0.2, 0.25) is 0 Å². The summed E-state index contributed by atoms with van der Waals surface area (Å²) in [5, 5.41) is 27.0. The summed E-state index contributed by atoms with van der Waals surface area (Å²) >= 11 is 0. The zero-order valence-corrected chi connectivity index (χ0v) is 45.6. The fourth-order valence-electron chi connectivity index (χ4n) is 12.7. The summed E-state index contributed by atoms with van der Waals surface area (Å²) in [6.45, 7) is 0. The van der Waals surface area contributed by atoms with Crippen LogP contribution in [0.1, 0.15) is 11.1 Å². The van der Waals surface area contributed by atoms with E-state index in [2.05, 4.69) is 226 Å². The SMILES string of the molecule is N#Cc1cc(C#N)cc(-c2ccc3c(c2)c2ccccc2n3-c2c(-c3cccc(-n4c5ccccc5c5ccccc54)c3)cc(-c3nc(-c4ccccc4)nc(-c4ccccc4)n3)cc2-c2cccc(-n3c4ccccc4c4ccccc43)c2)c1. The second-order valence-corrected chi connectivity index (χ2v) is 21.4. The summed E-state index contributed by atoms with van der Waals surface area (Å²) < 4.78 is 7.17. The van der Waals surface area contributed by atoms with E-state index in [1.165, 1.54) is 21.5 Å². The van der Waals surface area contributed by atoms with Gasteiger partial charge in [0.15, 0.2) is 17.5 Å². The summed E-state index contributed by atoms with van der Waals surface area (Å²) in [7, 11) is 0.